The van der Waals surface area contributed by atoms with E-state index in [2.05, 4.69) is 37.5 Å². The first-order valence-electron chi connectivity index (χ1n) is 8.44. The molecule has 6 nitrogen and oxygen atoms in total. The van der Waals surface area contributed by atoms with Crippen LogP contribution >= 0.6 is 50.4 Å². The number of thioether (sulfide) groups is 1. The number of nitrogens with zero attached hydrogens (tertiary/aromatic N) is 3. The lowest BCUT2D eigenvalue weighted by atomic mass is 10.1. The molecular formula is C18H15BrN4O2S3. The fourth-order valence-electron chi connectivity index (χ4n) is 2.83. The maximum absolute atomic E-state index is 12.6. The summed E-state index contributed by atoms with van der Waals surface area (Å²) in [5.41, 5.74) is 0.790. The van der Waals surface area contributed by atoms with E-state index in [9.17, 15) is 9.59 Å². The third kappa shape index (κ3) is 4.62. The van der Waals surface area contributed by atoms with Gasteiger partial charge in [0.15, 0.2) is 4.34 Å². The smallest absolute Gasteiger partial charge is 0.231 e. The van der Waals surface area contributed by atoms with Crippen molar-refractivity contribution >= 4 is 73.0 Å². The first-order chi connectivity index (χ1) is 13.6. The molecule has 1 aliphatic heterocycles. The highest BCUT2D eigenvalue weighted by Crippen LogP contribution is 2.31. The van der Waals surface area contributed by atoms with Gasteiger partial charge in [0.1, 0.15) is 0 Å². The second-order valence-electron chi connectivity index (χ2n) is 6.12. The third-order valence-corrected chi connectivity index (χ3v) is 7.74. The maximum Gasteiger partial charge on any atom is 0.231 e. The van der Waals surface area contributed by atoms with Gasteiger partial charge in [-0.15, -0.1) is 21.5 Å². The number of benzene rings is 1. The van der Waals surface area contributed by atoms with E-state index in [0.717, 1.165) is 20.3 Å². The quantitative estimate of drug-likeness (QED) is 0.398. The average Bonchev–Trinajstić information content (AvgIpc) is 3.41. The van der Waals surface area contributed by atoms with Gasteiger partial charge in [0.25, 0.3) is 0 Å². The zero-order valence-electron chi connectivity index (χ0n) is 14.5. The second kappa shape index (κ2) is 8.73. The summed E-state index contributed by atoms with van der Waals surface area (Å²) < 4.78 is 1.70. The summed E-state index contributed by atoms with van der Waals surface area (Å²) in [5, 5.41) is 13.5. The molecule has 0 aliphatic carbocycles. The molecule has 1 atom stereocenters. The number of anilines is 2. The van der Waals surface area contributed by atoms with Gasteiger partial charge in [-0.2, -0.15) is 0 Å². The second-order valence-corrected chi connectivity index (χ2v) is 10.3. The van der Waals surface area contributed by atoms with Crippen molar-refractivity contribution in [1.82, 2.24) is 10.2 Å². The van der Waals surface area contributed by atoms with E-state index in [1.165, 1.54) is 16.2 Å². The molecule has 4 rings (SSSR count). The fourth-order valence-corrected chi connectivity index (χ4v) is 5.75. The minimum absolute atomic E-state index is 0.0530. The molecule has 28 heavy (non-hydrogen) atoms. The van der Waals surface area contributed by atoms with Gasteiger partial charge in [-0.05, 0) is 29.6 Å². The summed E-state index contributed by atoms with van der Waals surface area (Å²) in [7, 11) is 0. The van der Waals surface area contributed by atoms with Crippen LogP contribution in [0.5, 0.6) is 0 Å². The van der Waals surface area contributed by atoms with Gasteiger partial charge in [0, 0.05) is 33.8 Å². The van der Waals surface area contributed by atoms with Gasteiger partial charge in [-0.3, -0.25) is 9.59 Å². The van der Waals surface area contributed by atoms with E-state index in [1.54, 1.807) is 28.0 Å². The van der Waals surface area contributed by atoms with Crippen LogP contribution in [0.3, 0.4) is 0 Å². The molecule has 0 radical (unpaired) electrons. The Bertz CT molecular complexity index is 992. The molecule has 1 aliphatic rings. The molecule has 2 amide bonds. The van der Waals surface area contributed by atoms with E-state index in [1.807, 2.05) is 35.7 Å². The van der Waals surface area contributed by atoms with Gasteiger partial charge in [-0.25, -0.2) is 0 Å². The highest BCUT2D eigenvalue weighted by Gasteiger charge is 2.35. The molecule has 1 N–H and O–H groups in total. The topological polar surface area (TPSA) is 75.2 Å². The SMILES string of the molecule is O=C(Nc1nnc(SCc2cccs2)s1)C1CC(=O)N(c2cccc(Br)c2)C1. The van der Waals surface area contributed by atoms with Gasteiger partial charge >= 0.3 is 0 Å². The number of hydrogen-bond donors (Lipinski definition) is 1. The molecule has 2 aromatic heterocycles. The summed E-state index contributed by atoms with van der Waals surface area (Å²) >= 11 is 8.06. The van der Waals surface area contributed by atoms with E-state index in [0.29, 0.717) is 11.7 Å². The Morgan fingerprint density at radius 3 is 3.00 bits per heavy atom. The first kappa shape index (κ1) is 19.6. The maximum atomic E-state index is 12.6. The van der Waals surface area contributed by atoms with Crippen molar-refractivity contribution in [2.45, 2.75) is 16.5 Å². The van der Waals surface area contributed by atoms with Crippen LogP contribution in [-0.4, -0.2) is 28.6 Å². The molecular weight excluding hydrogens is 480 g/mol. The molecule has 0 spiro atoms. The molecule has 1 saturated heterocycles. The largest absolute Gasteiger partial charge is 0.312 e. The predicted octanol–water partition coefficient (Wildman–Crippen LogP) is 4.65. The molecule has 3 aromatic rings. The number of carbonyl (C=O) groups excluding carboxylic acids is 2. The van der Waals surface area contributed by atoms with Crippen LogP contribution in [0.25, 0.3) is 0 Å². The minimum Gasteiger partial charge on any atom is -0.312 e. The third-order valence-electron chi connectivity index (χ3n) is 4.17. The van der Waals surface area contributed by atoms with Gasteiger partial charge in [0.05, 0.1) is 5.92 Å². The lowest BCUT2D eigenvalue weighted by Crippen LogP contribution is -2.28. The Hall–Kier alpha value is -1.75. The van der Waals surface area contributed by atoms with E-state index in [4.69, 9.17) is 0 Å². The molecule has 1 unspecified atom stereocenters. The fraction of sp³-hybridized carbons (Fsp3) is 0.222. The monoisotopic (exact) mass is 494 g/mol. The summed E-state index contributed by atoms with van der Waals surface area (Å²) in [5.74, 6) is 0.177. The summed E-state index contributed by atoms with van der Waals surface area (Å²) in [6.07, 6.45) is 0.192. The number of hydrogen-bond acceptors (Lipinski definition) is 7. The van der Waals surface area contributed by atoms with Crippen LogP contribution in [0.4, 0.5) is 10.8 Å². The van der Waals surface area contributed by atoms with Crippen LogP contribution in [0, 0.1) is 5.92 Å². The number of thiophene rings is 1. The van der Waals surface area contributed by atoms with Crippen molar-refractivity contribution in [3.8, 4) is 0 Å². The van der Waals surface area contributed by atoms with Crippen LogP contribution < -0.4 is 10.2 Å². The zero-order valence-corrected chi connectivity index (χ0v) is 18.5. The molecule has 1 fully saturated rings. The van der Waals surface area contributed by atoms with E-state index < -0.39 is 5.92 Å². The van der Waals surface area contributed by atoms with Crippen molar-refractivity contribution in [1.29, 1.82) is 0 Å². The molecule has 10 heteroatoms. The molecule has 144 valence electrons. The number of aromatic nitrogens is 2. The minimum atomic E-state index is -0.405. The lowest BCUT2D eigenvalue weighted by Gasteiger charge is -2.16. The van der Waals surface area contributed by atoms with Crippen molar-refractivity contribution in [3.05, 3.63) is 51.1 Å². The van der Waals surface area contributed by atoms with Crippen LogP contribution in [0.2, 0.25) is 0 Å². The first-order valence-corrected chi connectivity index (χ1v) is 11.9. The van der Waals surface area contributed by atoms with Crippen molar-refractivity contribution < 1.29 is 9.59 Å². The number of carbonyl (C=O) groups is 2. The van der Waals surface area contributed by atoms with Crippen molar-refractivity contribution in [2.75, 3.05) is 16.8 Å². The van der Waals surface area contributed by atoms with Crippen LogP contribution in [-0.2, 0) is 15.3 Å². The number of rotatable bonds is 6. The van der Waals surface area contributed by atoms with Gasteiger partial charge in [-0.1, -0.05) is 51.2 Å². The number of halogens is 1. The molecule has 0 bridgehead atoms. The Kier molecular flexibility index (Phi) is 6.10. The standard InChI is InChI=1S/C18H15BrN4O2S3/c19-12-3-1-4-13(8-12)23-9-11(7-15(23)24)16(25)20-17-21-22-18(28-17)27-10-14-5-2-6-26-14/h1-6,8,11H,7,9-10H2,(H,20,21,25). The van der Waals surface area contributed by atoms with E-state index >= 15 is 0 Å². The Morgan fingerprint density at radius 2 is 2.21 bits per heavy atom. The summed E-state index contributed by atoms with van der Waals surface area (Å²) in [4.78, 5) is 27.9. The van der Waals surface area contributed by atoms with Gasteiger partial charge in [0.2, 0.25) is 16.9 Å². The highest BCUT2D eigenvalue weighted by molar-refractivity contribution is 9.10. The lowest BCUT2D eigenvalue weighted by molar-refractivity contribution is -0.122. The number of nitrogens with one attached hydrogen (secondary N) is 1. The highest BCUT2D eigenvalue weighted by atomic mass is 79.9. The molecule has 3 heterocycles. The Labute approximate surface area is 182 Å². The van der Waals surface area contributed by atoms with E-state index in [-0.39, 0.29) is 18.2 Å². The van der Waals surface area contributed by atoms with Crippen molar-refractivity contribution in [2.24, 2.45) is 5.92 Å². The number of amides is 2. The predicted molar refractivity (Wildman–Crippen MR) is 117 cm³/mol. The van der Waals surface area contributed by atoms with Crippen molar-refractivity contribution in [3.63, 3.8) is 0 Å². The molecule has 0 saturated carbocycles. The normalized spacial score (nSPS) is 16.5. The zero-order chi connectivity index (χ0) is 19.5. The van der Waals surface area contributed by atoms with Crippen LogP contribution in [0.1, 0.15) is 11.3 Å². The van der Waals surface area contributed by atoms with Crippen LogP contribution in [0.15, 0.2) is 50.6 Å². The van der Waals surface area contributed by atoms with Gasteiger partial charge < -0.3 is 10.2 Å². The molecule has 1 aromatic carbocycles. The average molecular weight is 495 g/mol. The Balaban J connectivity index is 1.34. The Morgan fingerprint density at radius 1 is 1.32 bits per heavy atom. The summed E-state index contributed by atoms with van der Waals surface area (Å²) in [6, 6.07) is 11.6. The summed E-state index contributed by atoms with van der Waals surface area (Å²) in [6.45, 7) is 0.361.